The van der Waals surface area contributed by atoms with Gasteiger partial charge in [0.15, 0.2) is 0 Å². The Labute approximate surface area is 330 Å². The van der Waals surface area contributed by atoms with Crippen LogP contribution in [0.5, 0.6) is 0 Å². The van der Waals surface area contributed by atoms with E-state index >= 15 is 0 Å². The summed E-state index contributed by atoms with van der Waals surface area (Å²) in [5, 5.41) is 18.2. The first-order valence-corrected chi connectivity index (χ1v) is 19.0. The van der Waals surface area contributed by atoms with E-state index in [1.54, 1.807) is 41.5 Å². The predicted octanol–water partition coefficient (Wildman–Crippen LogP) is 5.58. The number of carboxylic acids is 1. The third kappa shape index (κ3) is 14.8. The van der Waals surface area contributed by atoms with E-state index in [0.29, 0.717) is 12.8 Å². The second-order valence-electron chi connectivity index (χ2n) is 15.5. The van der Waals surface area contributed by atoms with E-state index < -0.39 is 64.8 Å². The van der Waals surface area contributed by atoms with Crippen LogP contribution in [-0.4, -0.2) is 77.4 Å². The molecule has 3 aromatic rings. The Morgan fingerprint density at radius 3 is 1.59 bits per heavy atom. The molecule has 0 aromatic heterocycles. The maximum Gasteiger partial charge on any atom is 0.407 e. The second kappa shape index (κ2) is 21.1. The standard InChI is InChI=1S/C43H58N4O9/c1-41(2,3)55-36(48)26-25-33(44)37(49)46-34(24-16-17-28-45-40(53)56-42(4,5)6)38(50)47-35(39(51)52)27-29-54-43(30-18-10-7-11-19-30,31-20-12-8-13-21-31)32-22-14-9-15-23-32/h7-15,18-23,33-35H,16-17,24-29,44H2,1-6H3,(H,45,53)(H,46,49)(H,47,50)(H,51,52)/t33-,34-,35-/m0/s1. The largest absolute Gasteiger partial charge is 0.480 e. The number of hydrogen-bond acceptors (Lipinski definition) is 9. The van der Waals surface area contributed by atoms with E-state index in [1.807, 2.05) is 91.0 Å². The maximum atomic E-state index is 13.8. The van der Waals surface area contributed by atoms with Gasteiger partial charge in [-0.15, -0.1) is 0 Å². The highest BCUT2D eigenvalue weighted by molar-refractivity contribution is 5.91. The van der Waals surface area contributed by atoms with Crippen molar-refractivity contribution in [2.75, 3.05) is 13.2 Å². The van der Waals surface area contributed by atoms with E-state index in [0.717, 1.165) is 16.7 Å². The van der Waals surface area contributed by atoms with Gasteiger partial charge in [0, 0.05) is 19.4 Å². The number of carbonyl (C=O) groups is 5. The fourth-order valence-corrected chi connectivity index (χ4v) is 5.95. The first-order valence-electron chi connectivity index (χ1n) is 19.0. The van der Waals surface area contributed by atoms with Crippen molar-refractivity contribution in [1.29, 1.82) is 0 Å². The van der Waals surface area contributed by atoms with Gasteiger partial charge in [0.2, 0.25) is 11.8 Å². The van der Waals surface area contributed by atoms with Crippen molar-refractivity contribution in [2.24, 2.45) is 5.73 Å². The number of nitrogens with one attached hydrogen (secondary N) is 3. The number of nitrogens with two attached hydrogens (primary N) is 1. The minimum Gasteiger partial charge on any atom is -0.480 e. The van der Waals surface area contributed by atoms with Crippen molar-refractivity contribution < 1.29 is 43.3 Å². The van der Waals surface area contributed by atoms with Gasteiger partial charge in [0.1, 0.15) is 28.9 Å². The topological polar surface area (TPSA) is 195 Å². The molecule has 3 rings (SSSR count). The number of unbranched alkanes of at least 4 members (excludes halogenated alkanes) is 1. The lowest BCUT2D eigenvalue weighted by molar-refractivity contribution is -0.155. The van der Waals surface area contributed by atoms with E-state index in [9.17, 15) is 29.1 Å². The molecule has 0 aliphatic rings. The van der Waals surface area contributed by atoms with Gasteiger partial charge in [0.25, 0.3) is 0 Å². The average molecular weight is 775 g/mol. The minimum absolute atomic E-state index is 0.0318. The Morgan fingerprint density at radius 1 is 0.643 bits per heavy atom. The molecule has 0 aliphatic carbocycles. The van der Waals surface area contributed by atoms with Crippen LogP contribution in [0.4, 0.5) is 4.79 Å². The number of amides is 3. The van der Waals surface area contributed by atoms with Gasteiger partial charge in [0.05, 0.1) is 12.6 Å². The molecule has 0 fully saturated rings. The zero-order valence-electron chi connectivity index (χ0n) is 33.3. The summed E-state index contributed by atoms with van der Waals surface area (Å²) < 4.78 is 17.3. The Bertz CT molecular complexity index is 1610. The molecule has 56 heavy (non-hydrogen) atoms. The number of carboxylic acid groups (broad SMARTS) is 1. The van der Waals surface area contributed by atoms with Gasteiger partial charge < -0.3 is 41.0 Å². The smallest absolute Gasteiger partial charge is 0.407 e. The van der Waals surface area contributed by atoms with Crippen LogP contribution < -0.4 is 21.7 Å². The van der Waals surface area contributed by atoms with E-state index in [-0.39, 0.29) is 38.8 Å². The van der Waals surface area contributed by atoms with Crippen LogP contribution in [0.25, 0.3) is 0 Å². The van der Waals surface area contributed by atoms with Gasteiger partial charge in [-0.05, 0) is 83.9 Å². The minimum atomic E-state index is -1.38. The van der Waals surface area contributed by atoms with E-state index in [2.05, 4.69) is 16.0 Å². The Hall–Kier alpha value is -5.27. The molecule has 6 N–H and O–H groups in total. The van der Waals surface area contributed by atoms with Gasteiger partial charge in [-0.2, -0.15) is 0 Å². The summed E-state index contributed by atoms with van der Waals surface area (Å²) in [7, 11) is 0. The molecule has 0 saturated heterocycles. The number of aliphatic carboxylic acids is 1. The van der Waals surface area contributed by atoms with Crippen LogP contribution in [0.2, 0.25) is 0 Å². The summed E-state index contributed by atoms with van der Waals surface area (Å²) in [6.45, 7) is 10.6. The fourth-order valence-electron chi connectivity index (χ4n) is 5.95. The molecule has 0 heterocycles. The molecule has 13 heteroatoms. The van der Waals surface area contributed by atoms with Gasteiger partial charge in [-0.25, -0.2) is 9.59 Å². The molecule has 3 amide bonds. The second-order valence-corrected chi connectivity index (χ2v) is 15.5. The number of carbonyl (C=O) groups excluding carboxylic acids is 4. The Morgan fingerprint density at radius 2 is 1.12 bits per heavy atom. The number of hydrogen-bond donors (Lipinski definition) is 5. The number of ether oxygens (including phenoxy) is 3. The van der Waals surface area contributed by atoms with Crippen LogP contribution in [0.3, 0.4) is 0 Å². The molecule has 304 valence electrons. The molecule has 0 radical (unpaired) electrons. The maximum absolute atomic E-state index is 13.8. The average Bonchev–Trinajstić information content (AvgIpc) is 3.14. The summed E-state index contributed by atoms with van der Waals surface area (Å²) in [5.41, 5.74) is 6.14. The van der Waals surface area contributed by atoms with Crippen LogP contribution >= 0.6 is 0 Å². The van der Waals surface area contributed by atoms with Crippen molar-refractivity contribution >= 4 is 29.8 Å². The number of rotatable bonds is 20. The van der Waals surface area contributed by atoms with Crippen molar-refractivity contribution in [3.05, 3.63) is 108 Å². The zero-order chi connectivity index (χ0) is 41.4. The number of benzene rings is 3. The molecule has 0 aliphatic heterocycles. The molecule has 0 spiro atoms. The van der Waals surface area contributed by atoms with Crippen molar-refractivity contribution in [2.45, 2.75) is 115 Å². The summed E-state index contributed by atoms with van der Waals surface area (Å²) in [4.78, 5) is 63.9. The molecule has 0 saturated carbocycles. The number of alkyl carbamates (subject to hydrolysis) is 1. The van der Waals surface area contributed by atoms with E-state index in [4.69, 9.17) is 19.9 Å². The molecule has 3 atom stereocenters. The normalized spacial score (nSPS) is 13.4. The van der Waals surface area contributed by atoms with Crippen LogP contribution in [0.15, 0.2) is 91.0 Å². The van der Waals surface area contributed by atoms with E-state index in [1.165, 1.54) is 0 Å². The summed E-state index contributed by atoms with van der Waals surface area (Å²) >= 11 is 0. The highest BCUT2D eigenvalue weighted by atomic mass is 16.6. The quantitative estimate of drug-likeness (QED) is 0.0549. The molecular formula is C43H58N4O9. The monoisotopic (exact) mass is 774 g/mol. The molecule has 0 unspecified atom stereocenters. The summed E-state index contributed by atoms with van der Waals surface area (Å²) in [6, 6.07) is 25.2. The van der Waals surface area contributed by atoms with Crippen molar-refractivity contribution in [3.63, 3.8) is 0 Å². The Kier molecular flexibility index (Phi) is 17.0. The van der Waals surface area contributed by atoms with Crippen LogP contribution in [0.1, 0.15) is 96.8 Å². The predicted molar refractivity (Wildman–Crippen MR) is 212 cm³/mol. The van der Waals surface area contributed by atoms with Crippen LogP contribution in [-0.2, 0) is 39.0 Å². The summed E-state index contributed by atoms with van der Waals surface area (Å²) in [5.74, 6) is -3.22. The van der Waals surface area contributed by atoms with Crippen molar-refractivity contribution in [3.8, 4) is 0 Å². The summed E-state index contributed by atoms with van der Waals surface area (Å²) in [6.07, 6.45) is 0.0703. The lowest BCUT2D eigenvalue weighted by Crippen LogP contribution is -2.54. The van der Waals surface area contributed by atoms with Crippen LogP contribution in [0, 0.1) is 0 Å². The zero-order valence-corrected chi connectivity index (χ0v) is 33.3. The number of esters is 1. The fraction of sp³-hybridized carbons (Fsp3) is 0.465. The third-order valence-corrected chi connectivity index (χ3v) is 8.52. The highest BCUT2D eigenvalue weighted by Gasteiger charge is 2.38. The first-order chi connectivity index (χ1) is 26.4. The van der Waals surface area contributed by atoms with Gasteiger partial charge >= 0.3 is 18.0 Å². The molecule has 0 bridgehead atoms. The third-order valence-electron chi connectivity index (χ3n) is 8.52. The van der Waals surface area contributed by atoms with Gasteiger partial charge in [-0.1, -0.05) is 91.0 Å². The molecular weight excluding hydrogens is 716 g/mol. The molecule has 13 nitrogen and oxygen atoms in total. The molecule has 3 aromatic carbocycles. The lowest BCUT2D eigenvalue weighted by Gasteiger charge is -2.36. The first kappa shape index (κ1) is 45.1. The SMILES string of the molecule is CC(C)(C)OC(=O)CC[C@H](N)C(=O)N[C@@H](CCCCNC(=O)OC(C)(C)C)C(=O)N[C@@H](CCOC(c1ccccc1)(c1ccccc1)c1ccccc1)C(=O)O. The lowest BCUT2D eigenvalue weighted by atomic mass is 9.80. The van der Waals surface area contributed by atoms with Crippen molar-refractivity contribution in [1.82, 2.24) is 16.0 Å². The Balaban J connectivity index is 1.77. The van der Waals surface area contributed by atoms with Gasteiger partial charge in [-0.3, -0.25) is 14.4 Å². The highest BCUT2D eigenvalue weighted by Crippen LogP contribution is 2.40.